The monoisotopic (exact) mass is 547 g/mol. The summed E-state index contributed by atoms with van der Waals surface area (Å²) in [5.41, 5.74) is -0.376. The smallest absolute Gasteiger partial charge is 0.344 e. The van der Waals surface area contributed by atoms with Crippen LogP contribution in [0.1, 0.15) is 62.3 Å². The number of urea groups is 1. The van der Waals surface area contributed by atoms with Crippen LogP contribution in [0.5, 0.6) is 11.5 Å². The van der Waals surface area contributed by atoms with E-state index >= 15 is 0 Å². The molecule has 206 valence electrons. The van der Waals surface area contributed by atoms with E-state index in [9.17, 15) is 19.2 Å². The van der Waals surface area contributed by atoms with Crippen molar-refractivity contribution >= 4 is 42.3 Å². The predicted octanol–water partition coefficient (Wildman–Crippen LogP) is 4.10. The van der Waals surface area contributed by atoms with Gasteiger partial charge in [-0.15, -0.1) is 0 Å². The van der Waals surface area contributed by atoms with Crippen LogP contribution >= 0.6 is 12.8 Å². The molecule has 0 saturated heterocycles. The van der Waals surface area contributed by atoms with Gasteiger partial charge in [0.25, 0.3) is 11.8 Å². The van der Waals surface area contributed by atoms with Gasteiger partial charge in [-0.2, -0.15) is 0 Å². The van der Waals surface area contributed by atoms with E-state index in [1.165, 1.54) is 42.5 Å². The molecule has 0 heterocycles. The van der Waals surface area contributed by atoms with Gasteiger partial charge in [0.05, 0.1) is 5.60 Å². The molecule has 0 saturated carbocycles. The summed E-state index contributed by atoms with van der Waals surface area (Å²) in [6, 6.07) is 9.33. The van der Waals surface area contributed by atoms with Gasteiger partial charge in [0.1, 0.15) is 5.60 Å². The first-order valence-corrected chi connectivity index (χ1v) is 12.0. The van der Waals surface area contributed by atoms with Crippen LogP contribution in [0.2, 0.25) is 0 Å². The van der Waals surface area contributed by atoms with Gasteiger partial charge < -0.3 is 24.3 Å². The van der Waals surface area contributed by atoms with Crippen molar-refractivity contribution in [1.82, 2.24) is 10.0 Å². The molecule has 38 heavy (non-hydrogen) atoms. The van der Waals surface area contributed by atoms with Crippen molar-refractivity contribution in [3.63, 3.8) is 0 Å². The largest absolute Gasteiger partial charge is 0.478 e. The minimum absolute atomic E-state index is 0.123. The highest BCUT2D eigenvalue weighted by atomic mass is 32.1. The van der Waals surface area contributed by atoms with Crippen LogP contribution in [-0.4, -0.2) is 48.4 Å². The van der Waals surface area contributed by atoms with Gasteiger partial charge in [-0.1, -0.05) is 12.8 Å². The van der Waals surface area contributed by atoms with E-state index in [0.29, 0.717) is 5.56 Å². The van der Waals surface area contributed by atoms with Gasteiger partial charge in [0.15, 0.2) is 24.9 Å². The second-order valence-electron chi connectivity index (χ2n) is 9.98. The van der Waals surface area contributed by atoms with E-state index < -0.39 is 35.0 Å². The summed E-state index contributed by atoms with van der Waals surface area (Å²) >= 11 is 3.69. The Morgan fingerprint density at radius 3 is 1.95 bits per heavy atom. The molecule has 0 aliphatic rings. The molecule has 2 aromatic rings. The summed E-state index contributed by atoms with van der Waals surface area (Å²) in [6.07, 6.45) is 0. The van der Waals surface area contributed by atoms with Crippen LogP contribution in [0.4, 0.5) is 10.5 Å². The molecule has 2 aromatic carbocycles. The molecule has 12 heteroatoms. The fourth-order valence-electron chi connectivity index (χ4n) is 2.77. The number of carbonyl (C=O) groups excluding carboxylic acids is 4. The maximum absolute atomic E-state index is 12.4. The highest BCUT2D eigenvalue weighted by molar-refractivity contribution is 7.78. The number of benzene rings is 2. The first-order valence-electron chi connectivity index (χ1n) is 11.6. The van der Waals surface area contributed by atoms with Crippen LogP contribution < -0.4 is 24.8 Å². The molecule has 0 atom stereocenters. The van der Waals surface area contributed by atoms with Crippen molar-refractivity contribution in [1.29, 1.82) is 0 Å². The van der Waals surface area contributed by atoms with E-state index in [0.717, 1.165) is 0 Å². The number of anilines is 1. The molecule has 0 bridgehead atoms. The van der Waals surface area contributed by atoms with Crippen molar-refractivity contribution in [3.05, 3.63) is 53.6 Å². The van der Waals surface area contributed by atoms with Crippen molar-refractivity contribution in [2.45, 2.75) is 52.7 Å². The van der Waals surface area contributed by atoms with Gasteiger partial charge >= 0.3 is 12.0 Å². The fraction of sp³-hybridized carbons (Fsp3) is 0.385. The first-order chi connectivity index (χ1) is 17.7. The van der Waals surface area contributed by atoms with Gasteiger partial charge in [0, 0.05) is 22.9 Å². The maximum atomic E-state index is 12.4. The highest BCUT2D eigenvalue weighted by Gasteiger charge is 2.19. The molecule has 0 spiro atoms. The van der Waals surface area contributed by atoms with E-state index in [2.05, 4.69) is 28.2 Å². The normalized spacial score (nSPS) is 11.2. The van der Waals surface area contributed by atoms with E-state index in [-0.39, 0.29) is 36.1 Å². The third-order valence-electron chi connectivity index (χ3n) is 4.41. The molecular formula is C26H33N3O8S. The summed E-state index contributed by atoms with van der Waals surface area (Å²) in [6.45, 7) is 10.3. The molecule has 11 nitrogen and oxygen atoms in total. The van der Waals surface area contributed by atoms with Crippen LogP contribution in [0.15, 0.2) is 42.5 Å². The molecule has 0 aliphatic heterocycles. The summed E-state index contributed by atoms with van der Waals surface area (Å²) < 4.78 is 24.3. The summed E-state index contributed by atoms with van der Waals surface area (Å²) in [7, 11) is 0. The minimum Gasteiger partial charge on any atom is -0.478 e. The number of hydrogen-bond donors (Lipinski definition) is 4. The Hall–Kier alpha value is -3.77. The molecule has 3 N–H and O–H groups in total. The third kappa shape index (κ3) is 10.7. The van der Waals surface area contributed by atoms with Crippen LogP contribution in [0.3, 0.4) is 0 Å². The molecule has 2 rings (SSSR count). The van der Waals surface area contributed by atoms with Gasteiger partial charge in [-0.3, -0.25) is 19.6 Å². The van der Waals surface area contributed by atoms with Crippen LogP contribution in [0, 0.1) is 0 Å². The lowest BCUT2D eigenvalue weighted by Crippen LogP contribution is -2.34. The average Bonchev–Trinajstić information content (AvgIpc) is 2.81. The Labute approximate surface area is 227 Å². The van der Waals surface area contributed by atoms with Crippen LogP contribution in [-0.2, 0) is 14.3 Å². The second-order valence-corrected chi connectivity index (χ2v) is 10.2. The Kier molecular flexibility index (Phi) is 10.5. The Morgan fingerprint density at radius 1 is 0.789 bits per heavy atom. The third-order valence-corrected chi connectivity index (χ3v) is 4.61. The quantitative estimate of drug-likeness (QED) is 0.209. The van der Waals surface area contributed by atoms with Crippen molar-refractivity contribution < 1.29 is 38.1 Å². The highest BCUT2D eigenvalue weighted by Crippen LogP contribution is 2.31. The SMILES string of the molecule is CC(C)(C)OCOc1cc(NC(=O)NC(=O)c2ccc(C(=O)NS)cc2)ccc1OCC(=O)OC(C)(C)C. The lowest BCUT2D eigenvalue weighted by atomic mass is 10.1. The van der Waals surface area contributed by atoms with Crippen molar-refractivity contribution in [2.75, 3.05) is 18.7 Å². The standard InChI is InChI=1S/C26H33N3O8S/c1-25(2,3)36-15-35-20-13-18(11-12-19(20)34-14-21(30)37-26(4,5)6)27-24(33)28-22(31)16-7-9-17(10-8-16)23(32)29-38/h7-13,38H,14-15H2,1-6H3,(H,29,32)(H2,27,28,31,33). The Bertz CT molecular complexity index is 1150. The lowest BCUT2D eigenvalue weighted by molar-refractivity contribution is -0.157. The fourth-order valence-corrected chi connectivity index (χ4v) is 2.90. The number of hydrogen-bond acceptors (Lipinski definition) is 9. The second kappa shape index (κ2) is 13.2. The average molecular weight is 548 g/mol. The molecular weight excluding hydrogens is 514 g/mol. The van der Waals surface area contributed by atoms with Crippen molar-refractivity contribution in [3.8, 4) is 11.5 Å². The maximum Gasteiger partial charge on any atom is 0.344 e. The number of imide groups is 1. The first kappa shape index (κ1) is 30.5. The lowest BCUT2D eigenvalue weighted by Gasteiger charge is -2.21. The molecule has 0 aliphatic carbocycles. The minimum atomic E-state index is -0.800. The topological polar surface area (TPSA) is 141 Å². The van der Waals surface area contributed by atoms with Crippen molar-refractivity contribution in [2.24, 2.45) is 0 Å². The number of esters is 1. The van der Waals surface area contributed by atoms with E-state index in [1.54, 1.807) is 20.8 Å². The van der Waals surface area contributed by atoms with E-state index in [4.69, 9.17) is 18.9 Å². The Balaban J connectivity index is 2.09. The number of nitrogens with one attached hydrogen (secondary N) is 3. The number of ether oxygens (including phenoxy) is 4. The zero-order valence-corrected chi connectivity index (χ0v) is 23.1. The van der Waals surface area contributed by atoms with Gasteiger partial charge in [-0.05, 0) is 77.9 Å². The number of carbonyl (C=O) groups is 4. The molecule has 0 radical (unpaired) electrons. The van der Waals surface area contributed by atoms with Crippen LogP contribution in [0.25, 0.3) is 0 Å². The molecule has 0 unspecified atom stereocenters. The van der Waals surface area contributed by atoms with Gasteiger partial charge in [0.2, 0.25) is 0 Å². The summed E-state index contributed by atoms with van der Waals surface area (Å²) in [5.74, 6) is -1.25. The Morgan fingerprint density at radius 2 is 1.39 bits per heavy atom. The predicted molar refractivity (Wildman–Crippen MR) is 143 cm³/mol. The molecule has 0 fully saturated rings. The number of thiol groups is 1. The molecule has 4 amide bonds. The zero-order valence-electron chi connectivity index (χ0n) is 22.2. The zero-order chi connectivity index (χ0) is 28.5. The van der Waals surface area contributed by atoms with Gasteiger partial charge in [-0.25, -0.2) is 9.59 Å². The summed E-state index contributed by atoms with van der Waals surface area (Å²) in [5, 5.41) is 4.74. The number of rotatable bonds is 9. The summed E-state index contributed by atoms with van der Waals surface area (Å²) in [4.78, 5) is 48.5. The molecule has 0 aromatic heterocycles. The van der Waals surface area contributed by atoms with E-state index in [1.807, 2.05) is 20.8 Å². The number of amides is 4.